The lowest BCUT2D eigenvalue weighted by Crippen LogP contribution is -2.57. The first-order valence-electron chi connectivity index (χ1n) is 8.30. The van der Waals surface area contributed by atoms with E-state index in [1.807, 2.05) is 0 Å². The predicted molar refractivity (Wildman–Crippen MR) is 86.2 cm³/mol. The molecule has 0 aromatic heterocycles. The molecule has 0 amide bonds. The fourth-order valence-corrected chi connectivity index (χ4v) is 3.37. The van der Waals surface area contributed by atoms with E-state index in [2.05, 4.69) is 48.0 Å². The number of likely N-dealkylation sites (tertiary alicyclic amines) is 1. The maximum Gasteiger partial charge on any atom is 0.0278 e. The van der Waals surface area contributed by atoms with E-state index >= 15 is 0 Å². The van der Waals surface area contributed by atoms with E-state index < -0.39 is 0 Å². The van der Waals surface area contributed by atoms with Crippen LogP contribution in [0.1, 0.15) is 26.7 Å². The molecule has 118 valence electrons. The van der Waals surface area contributed by atoms with Gasteiger partial charge in [0.15, 0.2) is 0 Å². The molecule has 0 aromatic carbocycles. The maximum absolute atomic E-state index is 3.74. The van der Waals surface area contributed by atoms with Gasteiger partial charge in [0.25, 0.3) is 0 Å². The summed E-state index contributed by atoms with van der Waals surface area (Å²) in [6, 6.07) is 0. The van der Waals surface area contributed by atoms with Gasteiger partial charge in [0.2, 0.25) is 0 Å². The van der Waals surface area contributed by atoms with E-state index in [0.29, 0.717) is 0 Å². The minimum atomic E-state index is 0.284. The molecule has 2 saturated heterocycles. The number of hydrogen-bond acceptors (Lipinski definition) is 4. The summed E-state index contributed by atoms with van der Waals surface area (Å²) in [5, 5.41) is 3.74. The Hall–Kier alpha value is -0.160. The molecule has 20 heavy (non-hydrogen) atoms. The van der Waals surface area contributed by atoms with Crippen LogP contribution in [0.4, 0.5) is 0 Å². The number of likely N-dealkylation sites (N-methyl/N-ethyl adjacent to an activating group) is 1. The molecule has 0 aliphatic carbocycles. The van der Waals surface area contributed by atoms with E-state index in [0.717, 1.165) is 12.5 Å². The molecule has 4 nitrogen and oxygen atoms in total. The highest BCUT2D eigenvalue weighted by atomic mass is 15.3. The van der Waals surface area contributed by atoms with Gasteiger partial charge >= 0.3 is 0 Å². The Morgan fingerprint density at radius 1 is 0.900 bits per heavy atom. The Morgan fingerprint density at radius 3 is 2.05 bits per heavy atom. The van der Waals surface area contributed by atoms with Crippen molar-refractivity contribution in [3.8, 4) is 0 Å². The van der Waals surface area contributed by atoms with Crippen LogP contribution in [0.25, 0.3) is 0 Å². The molecule has 0 bridgehead atoms. The molecule has 2 fully saturated rings. The minimum Gasteiger partial charge on any atom is -0.315 e. The number of piperazine rings is 1. The number of nitrogens with one attached hydrogen (secondary N) is 1. The van der Waals surface area contributed by atoms with Crippen LogP contribution >= 0.6 is 0 Å². The second kappa shape index (κ2) is 7.21. The lowest BCUT2D eigenvalue weighted by Gasteiger charge is -2.43. The highest BCUT2D eigenvalue weighted by Crippen LogP contribution is 2.17. The quantitative estimate of drug-likeness (QED) is 0.810. The van der Waals surface area contributed by atoms with E-state index in [1.165, 1.54) is 58.7 Å². The molecule has 0 radical (unpaired) electrons. The van der Waals surface area contributed by atoms with Crippen molar-refractivity contribution in [2.24, 2.45) is 5.92 Å². The molecule has 2 heterocycles. The summed E-state index contributed by atoms with van der Waals surface area (Å²) in [7, 11) is 4.46. The molecule has 0 atom stereocenters. The molecule has 0 aromatic rings. The van der Waals surface area contributed by atoms with Gasteiger partial charge < -0.3 is 15.1 Å². The summed E-state index contributed by atoms with van der Waals surface area (Å²) in [5.41, 5.74) is 0.284. The Labute approximate surface area is 125 Å². The Balaban J connectivity index is 1.67. The van der Waals surface area contributed by atoms with Gasteiger partial charge in [0.05, 0.1) is 0 Å². The highest BCUT2D eigenvalue weighted by Gasteiger charge is 2.29. The molecular formula is C16H34N4. The van der Waals surface area contributed by atoms with Gasteiger partial charge in [-0.05, 0) is 66.3 Å². The molecule has 2 aliphatic rings. The van der Waals surface area contributed by atoms with Gasteiger partial charge in [-0.15, -0.1) is 0 Å². The Kier molecular flexibility index (Phi) is 5.84. The first-order chi connectivity index (χ1) is 9.47. The minimum absolute atomic E-state index is 0.284. The molecule has 0 saturated carbocycles. The van der Waals surface area contributed by atoms with Gasteiger partial charge in [-0.25, -0.2) is 0 Å². The standard InChI is InChI=1S/C16H34N4/c1-16(2,20-11-9-19(4)10-12-20)14-17-13-15-5-7-18(3)8-6-15/h15,17H,5-14H2,1-4H3. The van der Waals surface area contributed by atoms with Crippen LogP contribution in [-0.4, -0.2) is 86.7 Å². The summed E-state index contributed by atoms with van der Waals surface area (Å²) < 4.78 is 0. The van der Waals surface area contributed by atoms with E-state index in [4.69, 9.17) is 0 Å². The van der Waals surface area contributed by atoms with Crippen LogP contribution in [0.2, 0.25) is 0 Å². The molecule has 1 N–H and O–H groups in total. The van der Waals surface area contributed by atoms with Crippen LogP contribution in [-0.2, 0) is 0 Å². The first-order valence-corrected chi connectivity index (χ1v) is 8.30. The summed E-state index contributed by atoms with van der Waals surface area (Å²) >= 11 is 0. The van der Waals surface area contributed by atoms with E-state index in [-0.39, 0.29) is 5.54 Å². The second-order valence-electron chi connectivity index (χ2n) is 7.48. The normalized spacial score (nSPS) is 25.2. The van der Waals surface area contributed by atoms with Gasteiger partial charge in [-0.2, -0.15) is 0 Å². The topological polar surface area (TPSA) is 21.8 Å². The van der Waals surface area contributed by atoms with Crippen molar-refractivity contribution in [2.75, 3.05) is 66.5 Å². The lowest BCUT2D eigenvalue weighted by molar-refractivity contribution is 0.0607. The largest absolute Gasteiger partial charge is 0.315 e. The van der Waals surface area contributed by atoms with Crippen LogP contribution in [0.3, 0.4) is 0 Å². The molecule has 4 heteroatoms. The lowest BCUT2D eigenvalue weighted by atomic mass is 9.96. The average molecular weight is 282 g/mol. The smallest absolute Gasteiger partial charge is 0.0278 e. The summed E-state index contributed by atoms with van der Waals surface area (Å²) in [4.78, 5) is 7.53. The van der Waals surface area contributed by atoms with Crippen molar-refractivity contribution >= 4 is 0 Å². The fourth-order valence-electron chi connectivity index (χ4n) is 3.37. The van der Waals surface area contributed by atoms with Gasteiger partial charge in [0.1, 0.15) is 0 Å². The van der Waals surface area contributed by atoms with Crippen molar-refractivity contribution in [3.63, 3.8) is 0 Å². The molecule has 2 rings (SSSR count). The second-order valence-corrected chi connectivity index (χ2v) is 7.48. The summed E-state index contributed by atoms with van der Waals surface area (Å²) in [6.45, 7) is 14.5. The Morgan fingerprint density at radius 2 is 1.45 bits per heavy atom. The Bertz CT molecular complexity index is 276. The third kappa shape index (κ3) is 4.69. The van der Waals surface area contributed by atoms with Crippen LogP contribution in [0, 0.1) is 5.92 Å². The van der Waals surface area contributed by atoms with Crippen LogP contribution in [0.5, 0.6) is 0 Å². The van der Waals surface area contributed by atoms with Crippen molar-refractivity contribution in [3.05, 3.63) is 0 Å². The zero-order chi connectivity index (χ0) is 14.6. The average Bonchev–Trinajstić information content (AvgIpc) is 2.41. The van der Waals surface area contributed by atoms with Crippen molar-refractivity contribution in [2.45, 2.75) is 32.2 Å². The van der Waals surface area contributed by atoms with E-state index in [1.54, 1.807) is 0 Å². The number of rotatable bonds is 5. The molecular weight excluding hydrogens is 248 g/mol. The van der Waals surface area contributed by atoms with Gasteiger partial charge in [-0.1, -0.05) is 0 Å². The molecule has 2 aliphatic heterocycles. The van der Waals surface area contributed by atoms with Crippen molar-refractivity contribution in [1.29, 1.82) is 0 Å². The maximum atomic E-state index is 3.74. The number of nitrogens with zero attached hydrogens (tertiary/aromatic N) is 3. The third-order valence-corrected chi connectivity index (χ3v) is 5.19. The SMILES string of the molecule is CN1CCC(CNCC(C)(C)N2CCN(C)CC2)CC1. The van der Waals surface area contributed by atoms with Crippen LogP contribution in [0.15, 0.2) is 0 Å². The first kappa shape index (κ1) is 16.2. The highest BCUT2D eigenvalue weighted by molar-refractivity contribution is 4.87. The zero-order valence-electron chi connectivity index (χ0n) is 14.0. The van der Waals surface area contributed by atoms with E-state index in [9.17, 15) is 0 Å². The molecule has 0 unspecified atom stereocenters. The van der Waals surface area contributed by atoms with Crippen molar-refractivity contribution < 1.29 is 0 Å². The van der Waals surface area contributed by atoms with Gasteiger partial charge in [-0.3, -0.25) is 4.90 Å². The summed E-state index contributed by atoms with van der Waals surface area (Å²) in [6.07, 6.45) is 2.72. The predicted octanol–water partition coefficient (Wildman–Crippen LogP) is 0.944. The van der Waals surface area contributed by atoms with Crippen molar-refractivity contribution in [1.82, 2.24) is 20.0 Å². The number of hydrogen-bond donors (Lipinski definition) is 1. The molecule has 0 spiro atoms. The van der Waals surface area contributed by atoms with Gasteiger partial charge in [0, 0.05) is 38.3 Å². The summed E-state index contributed by atoms with van der Waals surface area (Å²) in [5.74, 6) is 0.884. The van der Waals surface area contributed by atoms with Crippen LogP contribution < -0.4 is 5.32 Å². The monoisotopic (exact) mass is 282 g/mol. The zero-order valence-corrected chi connectivity index (χ0v) is 14.0. The number of piperidine rings is 1. The fraction of sp³-hybridized carbons (Fsp3) is 1.00. The third-order valence-electron chi connectivity index (χ3n) is 5.19.